The number of carbonyl (C=O) groups excluding carboxylic acids is 1. The highest BCUT2D eigenvalue weighted by Gasteiger charge is 2.36. The maximum atomic E-state index is 13.2. The van der Waals surface area contributed by atoms with Crippen molar-refractivity contribution >= 4 is 5.78 Å². The van der Waals surface area contributed by atoms with Crippen LogP contribution in [0.4, 0.5) is 0 Å². The van der Waals surface area contributed by atoms with Gasteiger partial charge in [-0.15, -0.1) is 6.58 Å². The Balaban J connectivity index is 5.34. The average molecular weight is 367 g/mol. The summed E-state index contributed by atoms with van der Waals surface area (Å²) in [5, 5.41) is 0. The van der Waals surface area contributed by atoms with E-state index in [2.05, 4.69) is 45.7 Å². The molecule has 0 N–H and O–H groups in total. The highest BCUT2D eigenvalue weighted by Crippen LogP contribution is 2.39. The molecule has 1 atom stereocenters. The van der Waals surface area contributed by atoms with Gasteiger partial charge in [0.05, 0.1) is 5.41 Å². The first-order valence-electron chi connectivity index (χ1n) is 10.1. The molecule has 0 aliphatic rings. The lowest BCUT2D eigenvalue weighted by atomic mass is 9.69. The molecule has 0 aromatic rings. The molecule has 0 fully saturated rings. The van der Waals surface area contributed by atoms with Crippen molar-refractivity contribution in [3.63, 3.8) is 0 Å². The first-order valence-corrected chi connectivity index (χ1v) is 10.1. The molecule has 0 heterocycles. The van der Waals surface area contributed by atoms with Crippen LogP contribution in [0, 0.1) is 5.41 Å². The largest absolute Gasteiger partial charge is 0.294 e. The van der Waals surface area contributed by atoms with Crippen molar-refractivity contribution in [2.24, 2.45) is 5.41 Å². The third-order valence-corrected chi connectivity index (χ3v) is 4.79. The number of rotatable bonds is 16. The van der Waals surface area contributed by atoms with Crippen LogP contribution in [-0.2, 0) is 4.79 Å². The second kappa shape index (κ2) is 16.1. The van der Waals surface area contributed by atoms with Gasteiger partial charge in [0.25, 0.3) is 0 Å². The van der Waals surface area contributed by atoms with Crippen LogP contribution in [0.3, 0.4) is 0 Å². The van der Waals surface area contributed by atoms with E-state index in [0.717, 1.165) is 56.9 Å². The van der Waals surface area contributed by atoms with E-state index in [1.54, 1.807) is 12.2 Å². The predicted molar refractivity (Wildman–Crippen MR) is 122 cm³/mol. The minimum atomic E-state index is -0.414. The Kier molecular flexibility index (Phi) is 14.8. The summed E-state index contributed by atoms with van der Waals surface area (Å²) in [5.74, 6) is 0.232. The van der Waals surface area contributed by atoms with E-state index in [1.807, 2.05) is 36.5 Å². The molecule has 27 heavy (non-hydrogen) atoms. The summed E-state index contributed by atoms with van der Waals surface area (Å²) >= 11 is 0. The summed E-state index contributed by atoms with van der Waals surface area (Å²) in [6.07, 6.45) is 27.0. The second-order valence-corrected chi connectivity index (χ2v) is 6.84. The van der Waals surface area contributed by atoms with E-state index < -0.39 is 5.41 Å². The number of allylic oxidation sites excluding steroid dienone is 11. The minimum absolute atomic E-state index is 0.232. The summed E-state index contributed by atoms with van der Waals surface area (Å²) in [4.78, 5) is 13.2. The van der Waals surface area contributed by atoms with Crippen LogP contribution in [0.25, 0.3) is 0 Å². The van der Waals surface area contributed by atoms with Gasteiger partial charge >= 0.3 is 0 Å². The fraction of sp³-hybridized carbons (Fsp3) is 0.423. The highest BCUT2D eigenvalue weighted by molar-refractivity contribution is 5.97. The number of unbranched alkanes of at least 4 members (excludes halogenated alkanes) is 3. The van der Waals surface area contributed by atoms with Crippen molar-refractivity contribution in [2.75, 3.05) is 0 Å². The van der Waals surface area contributed by atoms with Crippen molar-refractivity contribution in [1.82, 2.24) is 0 Å². The quantitative estimate of drug-likeness (QED) is 0.118. The maximum Gasteiger partial charge on any atom is 0.165 e. The SMILES string of the molecule is C=C/C=C\C=C(/C)C(CCC)(CCCC=C)C(=O)/C=C/CCC/C=C\C=C. The molecule has 0 radical (unpaired) electrons. The van der Waals surface area contributed by atoms with E-state index in [4.69, 9.17) is 0 Å². The Morgan fingerprint density at radius 2 is 1.59 bits per heavy atom. The molecule has 0 spiro atoms. The molecule has 148 valence electrons. The number of hydrogen-bond acceptors (Lipinski definition) is 1. The van der Waals surface area contributed by atoms with E-state index in [0.29, 0.717) is 0 Å². The third kappa shape index (κ3) is 9.94. The molecule has 0 rings (SSSR count). The van der Waals surface area contributed by atoms with E-state index >= 15 is 0 Å². The zero-order chi connectivity index (χ0) is 20.4. The van der Waals surface area contributed by atoms with Gasteiger partial charge in [-0.25, -0.2) is 0 Å². The molecule has 1 heteroatoms. The molecular formula is C26H38O. The summed E-state index contributed by atoms with van der Waals surface area (Å²) in [6, 6.07) is 0. The summed E-state index contributed by atoms with van der Waals surface area (Å²) in [5.41, 5.74) is 0.720. The van der Waals surface area contributed by atoms with E-state index in [1.165, 1.54) is 0 Å². The topological polar surface area (TPSA) is 17.1 Å². The predicted octanol–water partition coefficient (Wildman–Crippen LogP) is 7.86. The van der Waals surface area contributed by atoms with Crippen molar-refractivity contribution in [2.45, 2.75) is 65.2 Å². The first-order chi connectivity index (χ1) is 13.1. The number of carbonyl (C=O) groups is 1. The Morgan fingerprint density at radius 3 is 2.22 bits per heavy atom. The molecule has 1 nitrogen and oxygen atoms in total. The fourth-order valence-electron chi connectivity index (χ4n) is 3.27. The molecular weight excluding hydrogens is 328 g/mol. The van der Waals surface area contributed by atoms with Gasteiger partial charge in [0.2, 0.25) is 0 Å². The molecule has 0 bridgehead atoms. The van der Waals surface area contributed by atoms with Gasteiger partial charge in [-0.05, 0) is 57.9 Å². The Morgan fingerprint density at radius 1 is 0.889 bits per heavy atom. The van der Waals surface area contributed by atoms with Gasteiger partial charge in [-0.2, -0.15) is 0 Å². The van der Waals surface area contributed by atoms with Crippen molar-refractivity contribution in [1.29, 1.82) is 0 Å². The molecule has 0 aromatic carbocycles. The summed E-state index contributed by atoms with van der Waals surface area (Å²) in [6.45, 7) is 15.4. The van der Waals surface area contributed by atoms with Crippen LogP contribution in [-0.4, -0.2) is 5.78 Å². The third-order valence-electron chi connectivity index (χ3n) is 4.79. The lowest BCUT2D eigenvalue weighted by Crippen LogP contribution is -2.31. The molecule has 0 saturated heterocycles. The molecule has 0 aliphatic carbocycles. The highest BCUT2D eigenvalue weighted by atomic mass is 16.1. The summed E-state index contributed by atoms with van der Waals surface area (Å²) in [7, 11) is 0. The summed E-state index contributed by atoms with van der Waals surface area (Å²) < 4.78 is 0. The van der Waals surface area contributed by atoms with Crippen LogP contribution in [0.2, 0.25) is 0 Å². The second-order valence-electron chi connectivity index (χ2n) is 6.84. The van der Waals surface area contributed by atoms with Crippen LogP contribution in [0.15, 0.2) is 86.1 Å². The zero-order valence-corrected chi connectivity index (χ0v) is 17.5. The molecule has 1 unspecified atom stereocenters. The van der Waals surface area contributed by atoms with Crippen LogP contribution >= 0.6 is 0 Å². The lowest BCUT2D eigenvalue weighted by molar-refractivity contribution is -0.122. The number of hydrogen-bond donors (Lipinski definition) is 0. The van der Waals surface area contributed by atoms with Crippen molar-refractivity contribution in [3.8, 4) is 0 Å². The normalized spacial score (nSPS) is 14.7. The monoisotopic (exact) mass is 366 g/mol. The Labute approximate surface area is 167 Å². The van der Waals surface area contributed by atoms with Crippen LogP contribution in [0.1, 0.15) is 65.2 Å². The maximum absolute atomic E-state index is 13.2. The molecule has 0 aliphatic heterocycles. The zero-order valence-electron chi connectivity index (χ0n) is 17.5. The standard InChI is InChI=1S/C26H38O/c1-6-10-13-14-15-16-18-21-25(27)26(22-9-4,23-19-12-8-3)24(5)20-17-11-7-2/h6-8,10-11,13,17-18,20-21H,1-3,9,12,14-16,19,22-23H2,4-5H3/b13-10-,17-11-,21-18+,24-20+. The van der Waals surface area contributed by atoms with Gasteiger partial charge in [0.1, 0.15) is 0 Å². The van der Waals surface area contributed by atoms with E-state index in [-0.39, 0.29) is 5.78 Å². The van der Waals surface area contributed by atoms with Gasteiger partial charge in [0, 0.05) is 0 Å². The van der Waals surface area contributed by atoms with Crippen LogP contribution in [0.5, 0.6) is 0 Å². The van der Waals surface area contributed by atoms with Crippen molar-refractivity contribution in [3.05, 3.63) is 86.1 Å². The van der Waals surface area contributed by atoms with Gasteiger partial charge in [-0.1, -0.05) is 86.8 Å². The van der Waals surface area contributed by atoms with Gasteiger partial charge < -0.3 is 0 Å². The van der Waals surface area contributed by atoms with Gasteiger partial charge in [-0.3, -0.25) is 4.79 Å². The van der Waals surface area contributed by atoms with Crippen molar-refractivity contribution < 1.29 is 4.79 Å². The van der Waals surface area contributed by atoms with E-state index in [9.17, 15) is 4.79 Å². The smallest absolute Gasteiger partial charge is 0.165 e. The molecule has 0 amide bonds. The Hall–Kier alpha value is -2.15. The fourth-order valence-corrected chi connectivity index (χ4v) is 3.27. The minimum Gasteiger partial charge on any atom is -0.294 e. The Bertz CT molecular complexity index is 571. The van der Waals surface area contributed by atoms with Gasteiger partial charge in [0.15, 0.2) is 5.78 Å². The molecule has 0 saturated carbocycles. The number of ketones is 1. The lowest BCUT2D eigenvalue weighted by Gasteiger charge is -2.32. The van der Waals surface area contributed by atoms with Crippen LogP contribution < -0.4 is 0 Å². The average Bonchev–Trinajstić information content (AvgIpc) is 2.66. The first kappa shape index (κ1) is 24.8. The molecule has 0 aromatic heterocycles.